The van der Waals surface area contributed by atoms with E-state index in [0.29, 0.717) is 35.8 Å². The fourth-order valence-electron chi connectivity index (χ4n) is 3.59. The van der Waals surface area contributed by atoms with Crippen molar-refractivity contribution < 1.29 is 24.1 Å². The van der Waals surface area contributed by atoms with E-state index in [4.69, 9.17) is 25.8 Å². The van der Waals surface area contributed by atoms with Gasteiger partial charge >= 0.3 is 0 Å². The number of piperidine rings is 1. The number of hydrogen-bond acceptors (Lipinski definition) is 7. The van der Waals surface area contributed by atoms with Gasteiger partial charge in [0.15, 0.2) is 5.60 Å². The Morgan fingerprint density at radius 3 is 3.03 bits per heavy atom. The van der Waals surface area contributed by atoms with Crippen molar-refractivity contribution in [3.8, 4) is 5.75 Å². The highest BCUT2D eigenvalue weighted by molar-refractivity contribution is 7.09. The molecule has 0 aliphatic carbocycles. The summed E-state index contributed by atoms with van der Waals surface area (Å²) in [4.78, 5) is 19.2. The van der Waals surface area contributed by atoms with E-state index < -0.39 is 11.2 Å². The van der Waals surface area contributed by atoms with Gasteiger partial charge in [-0.1, -0.05) is 11.6 Å². The van der Waals surface area contributed by atoms with E-state index >= 15 is 0 Å². The van der Waals surface area contributed by atoms with Crippen LogP contribution in [0.3, 0.4) is 0 Å². The maximum absolute atomic E-state index is 13.0. The molecule has 1 amide bonds. The van der Waals surface area contributed by atoms with Crippen LogP contribution in [-0.2, 0) is 15.1 Å². The van der Waals surface area contributed by atoms with Gasteiger partial charge in [-0.25, -0.2) is 4.98 Å². The predicted molar refractivity (Wildman–Crippen MR) is 108 cm³/mol. The summed E-state index contributed by atoms with van der Waals surface area (Å²) in [6, 6.07) is 4.93. The van der Waals surface area contributed by atoms with E-state index in [-0.39, 0.29) is 25.4 Å². The lowest BCUT2D eigenvalue weighted by Gasteiger charge is -2.40. The molecule has 2 aliphatic heterocycles. The van der Waals surface area contributed by atoms with Crippen LogP contribution in [0.15, 0.2) is 29.8 Å². The third-order valence-electron chi connectivity index (χ3n) is 5.09. The first-order valence-electron chi connectivity index (χ1n) is 9.38. The number of benzene rings is 1. The summed E-state index contributed by atoms with van der Waals surface area (Å²) in [7, 11) is 0. The number of rotatable bonds is 5. The van der Waals surface area contributed by atoms with Crippen LogP contribution in [0.4, 0.5) is 0 Å². The second-order valence-electron chi connectivity index (χ2n) is 7.89. The second kappa shape index (κ2) is 7.85. The van der Waals surface area contributed by atoms with Crippen LogP contribution in [0.2, 0.25) is 5.02 Å². The molecular weight excluding hydrogens is 416 g/mol. The highest BCUT2D eigenvalue weighted by Gasteiger charge is 2.52. The molecule has 2 saturated heterocycles. The zero-order valence-corrected chi connectivity index (χ0v) is 17.8. The lowest BCUT2D eigenvalue weighted by atomic mass is 9.89. The fraction of sp³-hybridized carbons (Fsp3) is 0.500. The van der Waals surface area contributed by atoms with Crippen molar-refractivity contribution in [1.82, 2.24) is 9.88 Å². The number of halogens is 1. The van der Waals surface area contributed by atoms with E-state index in [0.717, 1.165) is 5.01 Å². The van der Waals surface area contributed by atoms with Crippen LogP contribution in [0, 0.1) is 0 Å². The third-order valence-corrected chi connectivity index (χ3v) is 6.31. The largest absolute Gasteiger partial charge is 0.489 e. The Morgan fingerprint density at radius 2 is 2.34 bits per heavy atom. The van der Waals surface area contributed by atoms with Gasteiger partial charge in [0, 0.05) is 30.1 Å². The van der Waals surface area contributed by atoms with Crippen molar-refractivity contribution in [2.45, 2.75) is 37.6 Å². The van der Waals surface area contributed by atoms with Crippen LogP contribution >= 0.6 is 22.9 Å². The zero-order chi connectivity index (χ0) is 20.6. The lowest BCUT2D eigenvalue weighted by Crippen LogP contribution is -2.53. The monoisotopic (exact) mass is 438 g/mol. The molecule has 1 aromatic carbocycles. The molecule has 0 bridgehead atoms. The molecule has 29 heavy (non-hydrogen) atoms. The molecule has 1 unspecified atom stereocenters. The van der Waals surface area contributed by atoms with E-state index in [1.54, 1.807) is 54.5 Å². The van der Waals surface area contributed by atoms with Gasteiger partial charge < -0.3 is 24.2 Å². The smallest absolute Gasteiger partial charge is 0.254 e. The summed E-state index contributed by atoms with van der Waals surface area (Å²) < 4.78 is 17.3. The minimum Gasteiger partial charge on any atom is -0.489 e. The van der Waals surface area contributed by atoms with Crippen molar-refractivity contribution >= 4 is 28.8 Å². The average molecular weight is 439 g/mol. The highest BCUT2D eigenvalue weighted by atomic mass is 35.5. The molecule has 0 radical (unpaired) electrons. The van der Waals surface area contributed by atoms with Crippen LogP contribution in [0.1, 0.15) is 35.6 Å². The third kappa shape index (κ3) is 4.13. The number of aliphatic hydroxyl groups is 1. The molecule has 3 heterocycles. The summed E-state index contributed by atoms with van der Waals surface area (Å²) in [6.07, 6.45) is 2.13. The summed E-state index contributed by atoms with van der Waals surface area (Å²) in [5, 5.41) is 12.9. The van der Waals surface area contributed by atoms with Crippen molar-refractivity contribution in [3.63, 3.8) is 0 Å². The Labute approximate surface area is 178 Å². The topological polar surface area (TPSA) is 81.1 Å². The van der Waals surface area contributed by atoms with Gasteiger partial charge in [-0.15, -0.1) is 11.3 Å². The van der Waals surface area contributed by atoms with E-state index in [9.17, 15) is 9.90 Å². The molecule has 1 aromatic heterocycles. The maximum Gasteiger partial charge on any atom is 0.254 e. The van der Waals surface area contributed by atoms with Gasteiger partial charge in [0.2, 0.25) is 0 Å². The highest BCUT2D eigenvalue weighted by Crippen LogP contribution is 2.43. The summed E-state index contributed by atoms with van der Waals surface area (Å²) >= 11 is 7.83. The number of fused-ring (bicyclic) bond motifs is 1. The first-order chi connectivity index (χ1) is 13.8. The number of thiazole rings is 1. The Balaban J connectivity index is 1.46. The Kier molecular flexibility index (Phi) is 5.56. The molecule has 156 valence electrons. The molecule has 9 heteroatoms. The van der Waals surface area contributed by atoms with Gasteiger partial charge in [-0.05, 0) is 32.0 Å². The molecular formula is C20H23ClN2O5S. The van der Waals surface area contributed by atoms with E-state index in [1.807, 2.05) is 5.38 Å². The second-order valence-corrected chi connectivity index (χ2v) is 9.19. The molecule has 2 atom stereocenters. The van der Waals surface area contributed by atoms with Gasteiger partial charge in [-0.3, -0.25) is 4.79 Å². The maximum atomic E-state index is 13.0. The van der Waals surface area contributed by atoms with Crippen LogP contribution in [0.5, 0.6) is 5.75 Å². The number of nitrogens with zero attached hydrogens (tertiary/aromatic N) is 2. The molecule has 2 fully saturated rings. The van der Waals surface area contributed by atoms with E-state index in [1.165, 1.54) is 0 Å². The van der Waals surface area contributed by atoms with Crippen LogP contribution in [-0.4, -0.2) is 59.1 Å². The summed E-state index contributed by atoms with van der Waals surface area (Å²) in [6.45, 7) is 4.56. The van der Waals surface area contributed by atoms with Gasteiger partial charge in [0.25, 0.3) is 5.91 Å². The number of amides is 1. The first kappa shape index (κ1) is 20.6. The Hall–Kier alpha value is -1.71. The van der Waals surface area contributed by atoms with E-state index in [2.05, 4.69) is 4.98 Å². The normalized spacial score (nSPS) is 24.4. The summed E-state index contributed by atoms with van der Waals surface area (Å²) in [5.74, 6) is 0.309. The lowest BCUT2D eigenvalue weighted by molar-refractivity contribution is -0.0440. The quantitative estimate of drug-likeness (QED) is 0.772. The number of aromatic nitrogens is 1. The molecule has 0 saturated carbocycles. The van der Waals surface area contributed by atoms with Gasteiger partial charge in [-0.2, -0.15) is 0 Å². The van der Waals surface area contributed by atoms with Crippen molar-refractivity contribution in [2.75, 3.05) is 26.5 Å². The Bertz CT molecular complexity index is 885. The van der Waals surface area contributed by atoms with Crippen LogP contribution < -0.4 is 4.74 Å². The molecule has 7 nitrogen and oxygen atoms in total. The number of likely N-dealkylation sites (tertiary alicyclic amines) is 1. The number of carbonyl (C=O) groups excluding carboxylic acids is 1. The molecule has 1 N–H and O–H groups in total. The minimum absolute atomic E-state index is 0.101. The zero-order valence-electron chi connectivity index (χ0n) is 16.3. The molecule has 2 aliphatic rings. The number of carbonyl (C=O) groups is 1. The number of hydrogen-bond donors (Lipinski definition) is 1. The van der Waals surface area contributed by atoms with Crippen molar-refractivity contribution in [1.29, 1.82) is 0 Å². The SMILES string of the molecule is CC(C)(O)COc1ccc(C(=O)N2CC[C@@]3(c4nccs4)OCOC3C2)cc1Cl. The molecule has 4 rings (SSSR count). The fourth-order valence-corrected chi connectivity index (χ4v) is 4.69. The van der Waals surface area contributed by atoms with Crippen molar-refractivity contribution in [3.05, 3.63) is 45.4 Å². The minimum atomic E-state index is -0.973. The van der Waals surface area contributed by atoms with Crippen LogP contribution in [0.25, 0.3) is 0 Å². The Morgan fingerprint density at radius 1 is 1.52 bits per heavy atom. The first-order valence-corrected chi connectivity index (χ1v) is 10.6. The van der Waals surface area contributed by atoms with Gasteiger partial charge in [0.1, 0.15) is 30.3 Å². The molecule has 2 aromatic rings. The predicted octanol–water partition coefficient (Wildman–Crippen LogP) is 3.06. The summed E-state index contributed by atoms with van der Waals surface area (Å²) in [5.41, 5.74) is -1.07. The van der Waals surface area contributed by atoms with Gasteiger partial charge in [0.05, 0.1) is 17.2 Å². The number of ether oxygens (including phenoxy) is 3. The standard InChI is InChI=1S/C20H23ClN2O5S/c1-19(2,25)11-26-15-4-3-13(9-14(15)21)17(24)23-7-5-20(18-22-6-8-29-18)16(10-23)27-12-28-20/h3-4,6,8-9,16,25H,5,7,10-12H2,1-2H3/t16?,20-/m1/s1. The average Bonchev–Trinajstić information content (AvgIpc) is 3.35. The molecule has 0 spiro atoms. The van der Waals surface area contributed by atoms with Crippen molar-refractivity contribution in [2.24, 2.45) is 0 Å².